The van der Waals surface area contributed by atoms with Gasteiger partial charge in [-0.05, 0) is 17.7 Å². The average Bonchev–Trinajstić information content (AvgIpc) is 2.88. The fourth-order valence-corrected chi connectivity index (χ4v) is 2.49. The Kier molecular flexibility index (Phi) is 5.64. The van der Waals surface area contributed by atoms with Gasteiger partial charge in [-0.2, -0.15) is 0 Å². The van der Waals surface area contributed by atoms with Crippen LogP contribution >= 0.6 is 0 Å². The Hall–Kier alpha value is -1.60. The summed E-state index contributed by atoms with van der Waals surface area (Å²) in [6, 6.07) is 14.2. The predicted octanol–water partition coefficient (Wildman–Crippen LogP) is 0.124. The first-order valence-electron chi connectivity index (χ1n) is 7.45. The molecule has 0 amide bonds. The smallest absolute Gasteiger partial charge is 0.180 e. The molecule has 0 atom stereocenters. The molecule has 4 nitrogen and oxygen atoms in total. The molecule has 0 N–H and O–H groups in total. The lowest BCUT2D eigenvalue weighted by Gasteiger charge is -2.23. The standard InChI is InChI=1S/C18H22N3O.HI/c1-21(2,3)13-16-12-19-18-17(10-7-11-20(16)18)22-14-15-8-5-4-6-9-15;/h4-12H,13-14H2,1-3H3;1H/q+1;/p-1. The van der Waals surface area contributed by atoms with Crippen molar-refractivity contribution in [3.05, 3.63) is 66.1 Å². The van der Waals surface area contributed by atoms with Crippen LogP contribution < -0.4 is 28.7 Å². The Morgan fingerprint density at radius 2 is 1.78 bits per heavy atom. The Bertz CT molecular complexity index is 763. The molecule has 0 spiro atoms. The molecule has 0 fully saturated rings. The van der Waals surface area contributed by atoms with E-state index in [1.165, 1.54) is 5.69 Å². The average molecular weight is 423 g/mol. The molecule has 3 rings (SSSR count). The molecule has 0 aliphatic rings. The van der Waals surface area contributed by atoms with Crippen LogP contribution in [-0.4, -0.2) is 35.0 Å². The van der Waals surface area contributed by atoms with Crippen LogP contribution in [0.5, 0.6) is 5.75 Å². The van der Waals surface area contributed by atoms with Crippen molar-refractivity contribution in [2.75, 3.05) is 21.1 Å². The number of ether oxygens (including phenoxy) is 1. The maximum atomic E-state index is 5.96. The van der Waals surface area contributed by atoms with Crippen LogP contribution in [-0.2, 0) is 13.2 Å². The highest BCUT2D eigenvalue weighted by molar-refractivity contribution is 5.54. The van der Waals surface area contributed by atoms with E-state index >= 15 is 0 Å². The minimum absolute atomic E-state index is 0. The van der Waals surface area contributed by atoms with Gasteiger partial charge in [-0.3, -0.25) is 4.40 Å². The molecule has 0 saturated heterocycles. The van der Waals surface area contributed by atoms with Gasteiger partial charge in [0.1, 0.15) is 13.2 Å². The number of imidazole rings is 1. The summed E-state index contributed by atoms with van der Waals surface area (Å²) in [6.07, 6.45) is 3.98. The van der Waals surface area contributed by atoms with Crippen LogP contribution in [0.25, 0.3) is 5.65 Å². The van der Waals surface area contributed by atoms with E-state index in [0.717, 1.165) is 28.0 Å². The Labute approximate surface area is 154 Å². The SMILES string of the molecule is C[N+](C)(C)Cc1cnc2c(OCc3ccccc3)cccn12.[I-]. The van der Waals surface area contributed by atoms with E-state index < -0.39 is 0 Å². The second kappa shape index (κ2) is 7.31. The Morgan fingerprint density at radius 1 is 1.04 bits per heavy atom. The molecule has 0 aliphatic carbocycles. The van der Waals surface area contributed by atoms with Crippen LogP contribution in [0.4, 0.5) is 0 Å². The highest BCUT2D eigenvalue weighted by Crippen LogP contribution is 2.21. The maximum Gasteiger partial charge on any atom is 0.180 e. The second-order valence-corrected chi connectivity index (χ2v) is 6.54. The molecular formula is C18H22IN3O. The molecule has 23 heavy (non-hydrogen) atoms. The summed E-state index contributed by atoms with van der Waals surface area (Å²) in [5, 5.41) is 0. The van der Waals surface area contributed by atoms with E-state index in [-0.39, 0.29) is 24.0 Å². The number of halogens is 1. The molecule has 2 aromatic heterocycles. The van der Waals surface area contributed by atoms with Gasteiger partial charge >= 0.3 is 0 Å². The molecule has 2 heterocycles. The lowest BCUT2D eigenvalue weighted by molar-refractivity contribution is -0.884. The summed E-state index contributed by atoms with van der Waals surface area (Å²) >= 11 is 0. The molecule has 0 unspecified atom stereocenters. The van der Waals surface area contributed by atoms with Crippen LogP contribution in [0.3, 0.4) is 0 Å². The number of rotatable bonds is 5. The minimum atomic E-state index is 0. The fraction of sp³-hybridized carbons (Fsp3) is 0.278. The first-order valence-corrected chi connectivity index (χ1v) is 7.45. The van der Waals surface area contributed by atoms with Gasteiger partial charge in [-0.25, -0.2) is 4.98 Å². The van der Waals surface area contributed by atoms with Gasteiger partial charge in [0.15, 0.2) is 11.4 Å². The molecule has 0 radical (unpaired) electrons. The van der Waals surface area contributed by atoms with Gasteiger partial charge < -0.3 is 33.2 Å². The molecule has 0 saturated carbocycles. The molecule has 0 aliphatic heterocycles. The minimum Gasteiger partial charge on any atom is -1.00 e. The highest BCUT2D eigenvalue weighted by atomic mass is 127. The molecular weight excluding hydrogens is 401 g/mol. The molecule has 5 heteroatoms. The molecule has 0 bridgehead atoms. The number of nitrogens with zero attached hydrogens (tertiary/aromatic N) is 3. The second-order valence-electron chi connectivity index (χ2n) is 6.54. The van der Waals surface area contributed by atoms with E-state index in [2.05, 4.69) is 42.7 Å². The zero-order valence-electron chi connectivity index (χ0n) is 13.7. The molecule has 122 valence electrons. The third-order valence-corrected chi connectivity index (χ3v) is 3.45. The lowest BCUT2D eigenvalue weighted by Crippen LogP contribution is -3.00. The van der Waals surface area contributed by atoms with Gasteiger partial charge in [0.2, 0.25) is 0 Å². The lowest BCUT2D eigenvalue weighted by atomic mass is 10.2. The van der Waals surface area contributed by atoms with Gasteiger partial charge in [0.25, 0.3) is 0 Å². The Balaban J connectivity index is 0.00000192. The van der Waals surface area contributed by atoms with Gasteiger partial charge in [-0.1, -0.05) is 30.3 Å². The van der Waals surface area contributed by atoms with E-state index in [9.17, 15) is 0 Å². The number of benzene rings is 1. The Morgan fingerprint density at radius 3 is 2.48 bits per heavy atom. The largest absolute Gasteiger partial charge is 1.00 e. The van der Waals surface area contributed by atoms with E-state index in [0.29, 0.717) is 6.61 Å². The van der Waals surface area contributed by atoms with Crippen LogP contribution in [0.1, 0.15) is 11.3 Å². The number of pyridine rings is 1. The van der Waals surface area contributed by atoms with Gasteiger partial charge in [0.05, 0.1) is 33.0 Å². The summed E-state index contributed by atoms with van der Waals surface area (Å²) in [7, 11) is 6.53. The molecule has 1 aromatic carbocycles. The summed E-state index contributed by atoms with van der Waals surface area (Å²) in [6.45, 7) is 1.47. The van der Waals surface area contributed by atoms with Crippen molar-refractivity contribution < 1.29 is 33.2 Å². The first-order chi connectivity index (χ1) is 10.5. The number of hydrogen-bond donors (Lipinski definition) is 0. The zero-order chi connectivity index (χ0) is 15.6. The van der Waals surface area contributed by atoms with E-state index in [4.69, 9.17) is 4.74 Å². The number of fused-ring (bicyclic) bond motifs is 1. The zero-order valence-corrected chi connectivity index (χ0v) is 15.9. The van der Waals surface area contributed by atoms with Crippen molar-refractivity contribution in [3.63, 3.8) is 0 Å². The summed E-state index contributed by atoms with van der Waals surface area (Å²) in [5.41, 5.74) is 3.22. The summed E-state index contributed by atoms with van der Waals surface area (Å²) in [5.74, 6) is 0.819. The van der Waals surface area contributed by atoms with E-state index in [1.54, 1.807) is 0 Å². The topological polar surface area (TPSA) is 26.5 Å². The van der Waals surface area contributed by atoms with Crippen molar-refractivity contribution in [1.29, 1.82) is 0 Å². The molecule has 3 aromatic rings. The number of quaternary nitrogens is 1. The predicted molar refractivity (Wildman–Crippen MR) is 87.7 cm³/mol. The fourth-order valence-electron chi connectivity index (χ4n) is 2.49. The van der Waals surface area contributed by atoms with Gasteiger partial charge in [-0.15, -0.1) is 0 Å². The number of hydrogen-bond acceptors (Lipinski definition) is 2. The van der Waals surface area contributed by atoms with Crippen molar-refractivity contribution in [3.8, 4) is 5.75 Å². The summed E-state index contributed by atoms with van der Waals surface area (Å²) in [4.78, 5) is 4.54. The third kappa shape index (κ3) is 4.45. The summed E-state index contributed by atoms with van der Waals surface area (Å²) < 4.78 is 8.94. The van der Waals surface area contributed by atoms with Crippen LogP contribution in [0.15, 0.2) is 54.9 Å². The normalized spacial score (nSPS) is 11.3. The van der Waals surface area contributed by atoms with Crippen molar-refractivity contribution in [1.82, 2.24) is 9.38 Å². The van der Waals surface area contributed by atoms with Crippen LogP contribution in [0.2, 0.25) is 0 Å². The van der Waals surface area contributed by atoms with Crippen molar-refractivity contribution >= 4 is 5.65 Å². The third-order valence-electron chi connectivity index (χ3n) is 3.45. The number of aromatic nitrogens is 2. The van der Waals surface area contributed by atoms with Crippen molar-refractivity contribution in [2.45, 2.75) is 13.2 Å². The monoisotopic (exact) mass is 423 g/mol. The van der Waals surface area contributed by atoms with E-state index in [1.807, 2.05) is 42.7 Å². The highest BCUT2D eigenvalue weighted by Gasteiger charge is 2.14. The quantitative estimate of drug-likeness (QED) is 0.431. The first kappa shape index (κ1) is 17.7. The van der Waals surface area contributed by atoms with Gasteiger partial charge in [0, 0.05) is 6.20 Å². The van der Waals surface area contributed by atoms with Crippen LogP contribution in [0, 0.1) is 0 Å². The van der Waals surface area contributed by atoms with Crippen molar-refractivity contribution in [2.24, 2.45) is 0 Å². The maximum absolute atomic E-state index is 5.96.